The van der Waals surface area contributed by atoms with Gasteiger partial charge in [-0.3, -0.25) is 0 Å². The summed E-state index contributed by atoms with van der Waals surface area (Å²) < 4.78 is 5.54. The molecule has 0 aromatic carbocycles. The van der Waals surface area contributed by atoms with Crippen molar-refractivity contribution in [1.82, 2.24) is 0 Å². The fourth-order valence-electron chi connectivity index (χ4n) is 3.40. The van der Waals surface area contributed by atoms with Crippen LogP contribution in [0.15, 0.2) is 40.2 Å². The van der Waals surface area contributed by atoms with Crippen LogP contribution in [0.3, 0.4) is 0 Å². The van der Waals surface area contributed by atoms with Crippen LogP contribution in [0.4, 0.5) is 0 Å². The minimum absolute atomic E-state index is 0.644. The van der Waals surface area contributed by atoms with Crippen LogP contribution >= 0.6 is 0 Å². The largest absolute Gasteiger partial charge is 0.472 e. The van der Waals surface area contributed by atoms with Crippen molar-refractivity contribution < 1.29 is 4.42 Å². The Kier molecular flexibility index (Phi) is 5.90. The highest BCUT2D eigenvalue weighted by molar-refractivity contribution is 5.27. The molecule has 1 aliphatic rings. The van der Waals surface area contributed by atoms with E-state index in [-0.39, 0.29) is 0 Å². The number of fused-ring (bicyclic) bond motifs is 1. The Morgan fingerprint density at radius 3 is 2.90 bits per heavy atom. The van der Waals surface area contributed by atoms with E-state index >= 15 is 0 Å². The average molecular weight is 286 g/mol. The Bertz CT molecular complexity index is 500. The first-order chi connectivity index (χ1) is 10.1. The normalized spacial score (nSPS) is 23.0. The summed E-state index contributed by atoms with van der Waals surface area (Å²) in [4.78, 5) is 0. The predicted molar refractivity (Wildman–Crippen MR) is 90.6 cm³/mol. The van der Waals surface area contributed by atoms with Gasteiger partial charge in [0, 0.05) is 0 Å². The molecule has 1 aromatic heterocycles. The molecule has 1 nitrogen and oxygen atoms in total. The molecule has 0 saturated heterocycles. The lowest BCUT2D eigenvalue weighted by Crippen LogP contribution is -2.11. The third kappa shape index (κ3) is 4.62. The van der Waals surface area contributed by atoms with Crippen molar-refractivity contribution >= 4 is 0 Å². The number of rotatable bonds is 4. The van der Waals surface area contributed by atoms with Crippen molar-refractivity contribution in [2.24, 2.45) is 5.92 Å². The molecule has 1 aromatic rings. The summed E-state index contributed by atoms with van der Waals surface area (Å²) in [6.45, 7) is 9.07. The minimum Gasteiger partial charge on any atom is -0.472 e. The minimum atomic E-state index is 0.644. The van der Waals surface area contributed by atoms with Crippen molar-refractivity contribution in [3.63, 3.8) is 0 Å². The Morgan fingerprint density at radius 1 is 1.33 bits per heavy atom. The zero-order valence-electron chi connectivity index (χ0n) is 14.1. The van der Waals surface area contributed by atoms with Crippen molar-refractivity contribution in [1.29, 1.82) is 0 Å². The van der Waals surface area contributed by atoms with Gasteiger partial charge in [-0.15, -0.1) is 0 Å². The van der Waals surface area contributed by atoms with Gasteiger partial charge < -0.3 is 4.42 Å². The zero-order chi connectivity index (χ0) is 15.2. The molecule has 0 unspecified atom stereocenters. The van der Waals surface area contributed by atoms with Crippen LogP contribution in [0.2, 0.25) is 0 Å². The molecule has 2 rings (SSSR count). The lowest BCUT2D eigenvalue weighted by atomic mass is 9.80. The summed E-state index contributed by atoms with van der Waals surface area (Å²) in [5, 5.41) is 0. The quantitative estimate of drug-likeness (QED) is 0.582. The molecule has 0 radical (unpaired) electrons. The Morgan fingerprint density at radius 2 is 2.14 bits per heavy atom. The van der Waals surface area contributed by atoms with Crippen LogP contribution in [-0.4, -0.2) is 0 Å². The van der Waals surface area contributed by atoms with E-state index in [1.54, 1.807) is 5.57 Å². The van der Waals surface area contributed by atoms with E-state index in [0.29, 0.717) is 11.8 Å². The van der Waals surface area contributed by atoms with Gasteiger partial charge in [-0.05, 0) is 82.3 Å². The van der Waals surface area contributed by atoms with Crippen LogP contribution < -0.4 is 0 Å². The van der Waals surface area contributed by atoms with Crippen LogP contribution in [0.5, 0.6) is 0 Å². The smallest absolute Gasteiger partial charge is 0.0940 e. The molecule has 1 heterocycles. The number of allylic oxidation sites excluding steroid dienone is 4. The van der Waals surface area contributed by atoms with Crippen molar-refractivity contribution in [3.05, 3.63) is 47.0 Å². The molecule has 0 saturated carbocycles. The van der Waals surface area contributed by atoms with E-state index in [1.807, 2.05) is 12.5 Å². The van der Waals surface area contributed by atoms with Gasteiger partial charge in [0.1, 0.15) is 0 Å². The van der Waals surface area contributed by atoms with Gasteiger partial charge in [-0.25, -0.2) is 0 Å². The first-order valence-corrected chi connectivity index (χ1v) is 8.42. The number of aryl methyl sites for hydroxylation is 1. The molecule has 0 bridgehead atoms. The van der Waals surface area contributed by atoms with Gasteiger partial charge in [0.15, 0.2) is 0 Å². The summed E-state index contributed by atoms with van der Waals surface area (Å²) in [5.41, 5.74) is 5.89. The third-order valence-corrected chi connectivity index (χ3v) is 4.79. The fourth-order valence-corrected chi connectivity index (χ4v) is 3.40. The van der Waals surface area contributed by atoms with E-state index in [1.165, 1.54) is 42.4 Å². The molecular formula is C20H30O. The molecular weight excluding hydrogens is 256 g/mol. The second-order valence-corrected chi connectivity index (χ2v) is 6.92. The summed E-state index contributed by atoms with van der Waals surface area (Å²) in [6.07, 6.45) is 16.0. The molecule has 0 spiro atoms. The summed E-state index contributed by atoms with van der Waals surface area (Å²) >= 11 is 0. The van der Waals surface area contributed by atoms with Crippen LogP contribution in [0.1, 0.15) is 76.8 Å². The zero-order valence-corrected chi connectivity index (χ0v) is 14.1. The molecule has 0 amide bonds. The average Bonchev–Trinajstić information content (AvgIpc) is 2.87. The van der Waals surface area contributed by atoms with E-state index in [4.69, 9.17) is 4.42 Å². The molecule has 1 heteroatoms. The van der Waals surface area contributed by atoms with Crippen LogP contribution in [-0.2, 0) is 6.42 Å². The van der Waals surface area contributed by atoms with Crippen molar-refractivity contribution in [3.8, 4) is 0 Å². The Labute approximate surface area is 130 Å². The maximum absolute atomic E-state index is 5.54. The molecule has 1 aliphatic carbocycles. The van der Waals surface area contributed by atoms with Crippen LogP contribution in [0.25, 0.3) is 0 Å². The highest BCUT2D eigenvalue weighted by atomic mass is 16.3. The van der Waals surface area contributed by atoms with E-state index in [0.717, 1.165) is 12.8 Å². The van der Waals surface area contributed by atoms with Crippen LogP contribution in [0, 0.1) is 5.92 Å². The fraction of sp³-hybridized carbons (Fsp3) is 0.600. The second kappa shape index (κ2) is 7.68. The molecule has 2 atom stereocenters. The van der Waals surface area contributed by atoms with Gasteiger partial charge in [0.05, 0.1) is 12.5 Å². The molecule has 0 aliphatic heterocycles. The van der Waals surface area contributed by atoms with Crippen molar-refractivity contribution in [2.75, 3.05) is 0 Å². The first-order valence-electron chi connectivity index (χ1n) is 8.42. The van der Waals surface area contributed by atoms with Crippen molar-refractivity contribution in [2.45, 2.75) is 72.1 Å². The summed E-state index contributed by atoms with van der Waals surface area (Å²) in [5.74, 6) is 1.36. The topological polar surface area (TPSA) is 13.1 Å². The second-order valence-electron chi connectivity index (χ2n) is 6.92. The van der Waals surface area contributed by atoms with Gasteiger partial charge >= 0.3 is 0 Å². The van der Waals surface area contributed by atoms with Gasteiger partial charge in [0.25, 0.3) is 0 Å². The number of hydrogen-bond donors (Lipinski definition) is 0. The molecule has 0 fully saturated rings. The summed E-state index contributed by atoms with van der Waals surface area (Å²) in [6, 6.07) is 0. The van der Waals surface area contributed by atoms with Gasteiger partial charge in [-0.1, -0.05) is 30.2 Å². The highest BCUT2D eigenvalue weighted by Gasteiger charge is 2.23. The SMILES string of the molecule is CC(C)=CCC[C@@H](C)[C@H]1CC/C(C)=C\CCc2cocc21. The number of furan rings is 1. The number of hydrogen-bond acceptors (Lipinski definition) is 1. The van der Waals surface area contributed by atoms with E-state index < -0.39 is 0 Å². The van der Waals surface area contributed by atoms with Gasteiger partial charge in [-0.2, -0.15) is 0 Å². The predicted octanol–water partition coefficient (Wildman–Crippen LogP) is 6.42. The monoisotopic (exact) mass is 286 g/mol. The summed E-state index contributed by atoms with van der Waals surface area (Å²) in [7, 11) is 0. The van der Waals surface area contributed by atoms with E-state index in [2.05, 4.69) is 39.8 Å². The molecule has 0 N–H and O–H groups in total. The maximum atomic E-state index is 5.54. The van der Waals surface area contributed by atoms with Gasteiger partial charge in [0.2, 0.25) is 0 Å². The molecule has 116 valence electrons. The lowest BCUT2D eigenvalue weighted by molar-refractivity contribution is 0.405. The highest BCUT2D eigenvalue weighted by Crippen LogP contribution is 2.37. The maximum Gasteiger partial charge on any atom is 0.0940 e. The Hall–Kier alpha value is -1.24. The Balaban J connectivity index is 2.12. The first kappa shape index (κ1) is 16.1. The lowest BCUT2D eigenvalue weighted by Gasteiger charge is -2.24. The van der Waals surface area contributed by atoms with E-state index in [9.17, 15) is 0 Å². The third-order valence-electron chi connectivity index (χ3n) is 4.79. The standard InChI is InChI=1S/C20H30O/c1-15(2)7-5-9-17(4)19-12-11-16(3)8-6-10-18-13-21-14-20(18)19/h7-8,13-14,17,19H,5-6,9-12H2,1-4H3/b16-8-/t17-,19-/m1/s1. The molecule has 21 heavy (non-hydrogen) atoms.